The average Bonchev–Trinajstić information content (AvgIpc) is 3.41. The molecule has 0 spiro atoms. The number of aryl methyl sites for hydroxylation is 2. The molecular weight excluding hydrogens is 402 g/mol. The minimum absolute atomic E-state index is 0.00880. The van der Waals surface area contributed by atoms with E-state index in [9.17, 15) is 9.59 Å². The SMILES string of the molecule is Cc1nc(Cn2nc3n(c2=O)CCC(NC(=O)c2cccc4c2OCC4)CC3)cs1. The van der Waals surface area contributed by atoms with Gasteiger partial charge in [-0.1, -0.05) is 12.1 Å². The van der Waals surface area contributed by atoms with Gasteiger partial charge in [-0.05, 0) is 31.4 Å². The molecule has 0 bridgehead atoms. The Bertz CT molecular complexity index is 1160. The van der Waals surface area contributed by atoms with Crippen LogP contribution >= 0.6 is 11.3 Å². The number of carbonyl (C=O) groups is 1. The minimum Gasteiger partial charge on any atom is -0.492 e. The van der Waals surface area contributed by atoms with E-state index < -0.39 is 0 Å². The lowest BCUT2D eigenvalue weighted by Crippen LogP contribution is -2.36. The molecule has 8 nitrogen and oxygen atoms in total. The largest absolute Gasteiger partial charge is 0.492 e. The van der Waals surface area contributed by atoms with Gasteiger partial charge in [0.1, 0.15) is 11.6 Å². The van der Waals surface area contributed by atoms with Gasteiger partial charge in [0.15, 0.2) is 0 Å². The summed E-state index contributed by atoms with van der Waals surface area (Å²) in [6.07, 6.45) is 2.92. The molecule has 2 aliphatic rings. The number of amides is 1. The normalized spacial score (nSPS) is 17.7. The number of fused-ring (bicyclic) bond motifs is 2. The van der Waals surface area contributed by atoms with E-state index >= 15 is 0 Å². The van der Waals surface area contributed by atoms with Crippen molar-refractivity contribution in [3.8, 4) is 5.75 Å². The van der Waals surface area contributed by atoms with Crippen LogP contribution in [0.25, 0.3) is 0 Å². The van der Waals surface area contributed by atoms with Gasteiger partial charge >= 0.3 is 5.69 Å². The molecule has 1 N–H and O–H groups in total. The van der Waals surface area contributed by atoms with Crippen molar-refractivity contribution >= 4 is 17.2 Å². The molecule has 1 aromatic carbocycles. The van der Waals surface area contributed by atoms with Crippen molar-refractivity contribution in [2.75, 3.05) is 6.61 Å². The van der Waals surface area contributed by atoms with Crippen molar-refractivity contribution in [2.45, 2.75) is 51.7 Å². The van der Waals surface area contributed by atoms with Crippen LogP contribution in [-0.4, -0.2) is 37.9 Å². The summed E-state index contributed by atoms with van der Waals surface area (Å²) >= 11 is 1.57. The number of rotatable bonds is 4. The molecule has 0 aliphatic carbocycles. The number of aromatic nitrogens is 4. The summed E-state index contributed by atoms with van der Waals surface area (Å²) in [6, 6.07) is 5.70. The number of hydrogen-bond donors (Lipinski definition) is 1. The van der Waals surface area contributed by atoms with Crippen molar-refractivity contribution in [1.29, 1.82) is 0 Å². The molecule has 9 heteroatoms. The molecule has 2 aromatic heterocycles. The second-order valence-corrected chi connectivity index (χ2v) is 8.82. The highest BCUT2D eigenvalue weighted by Crippen LogP contribution is 2.29. The highest BCUT2D eigenvalue weighted by atomic mass is 32.1. The Morgan fingerprint density at radius 2 is 2.23 bits per heavy atom. The molecule has 1 amide bonds. The van der Waals surface area contributed by atoms with E-state index in [-0.39, 0.29) is 17.6 Å². The molecule has 2 aliphatic heterocycles. The van der Waals surface area contributed by atoms with Crippen LogP contribution in [0.15, 0.2) is 28.4 Å². The van der Waals surface area contributed by atoms with E-state index in [1.54, 1.807) is 22.0 Å². The number of nitrogens with one attached hydrogen (secondary N) is 1. The zero-order valence-corrected chi connectivity index (χ0v) is 17.6. The molecule has 0 fully saturated rings. The smallest absolute Gasteiger partial charge is 0.346 e. The fraction of sp³-hybridized carbons (Fsp3) is 0.429. The molecule has 0 saturated carbocycles. The van der Waals surface area contributed by atoms with Crippen LogP contribution in [0.3, 0.4) is 0 Å². The van der Waals surface area contributed by atoms with Crippen molar-refractivity contribution in [3.63, 3.8) is 0 Å². The van der Waals surface area contributed by atoms with Gasteiger partial charge in [-0.2, -0.15) is 5.10 Å². The highest BCUT2D eigenvalue weighted by Gasteiger charge is 2.25. The zero-order valence-electron chi connectivity index (χ0n) is 16.8. The van der Waals surface area contributed by atoms with Gasteiger partial charge in [0, 0.05) is 30.8 Å². The van der Waals surface area contributed by atoms with Crippen LogP contribution in [-0.2, 0) is 25.9 Å². The number of thiazole rings is 1. The molecule has 156 valence electrons. The molecule has 30 heavy (non-hydrogen) atoms. The van der Waals surface area contributed by atoms with Gasteiger partial charge in [0.2, 0.25) is 0 Å². The first kappa shape index (κ1) is 19.0. The molecule has 0 saturated heterocycles. The van der Waals surface area contributed by atoms with Crippen LogP contribution in [0.4, 0.5) is 0 Å². The maximum atomic E-state index is 12.8. The summed E-state index contributed by atoms with van der Waals surface area (Å²) in [5, 5.41) is 10.6. The fourth-order valence-corrected chi connectivity index (χ4v) is 4.77. The van der Waals surface area contributed by atoms with Crippen LogP contribution in [0.1, 0.15) is 45.3 Å². The first-order chi connectivity index (χ1) is 14.6. The number of para-hydroxylation sites is 1. The monoisotopic (exact) mass is 425 g/mol. The summed E-state index contributed by atoms with van der Waals surface area (Å²) in [4.78, 5) is 30.0. The third-order valence-electron chi connectivity index (χ3n) is 5.69. The number of ether oxygens (including phenoxy) is 1. The molecule has 3 aromatic rings. The van der Waals surface area contributed by atoms with Crippen LogP contribution < -0.4 is 15.7 Å². The predicted octanol–water partition coefficient (Wildman–Crippen LogP) is 1.93. The van der Waals surface area contributed by atoms with Gasteiger partial charge in [-0.3, -0.25) is 9.36 Å². The van der Waals surface area contributed by atoms with Crippen molar-refractivity contribution in [1.82, 2.24) is 24.6 Å². The Labute approximate surface area is 177 Å². The van der Waals surface area contributed by atoms with Gasteiger partial charge < -0.3 is 10.1 Å². The standard InChI is InChI=1S/C21H23N5O3S/c1-13-22-16(12-30-13)11-26-21(28)25-9-7-15(5-6-18(25)24-26)23-20(27)17-4-2-3-14-8-10-29-19(14)17/h2-4,12,15H,5-11H2,1H3,(H,23,27). The van der Waals surface area contributed by atoms with Gasteiger partial charge in [0.05, 0.1) is 29.4 Å². The lowest BCUT2D eigenvalue weighted by molar-refractivity contribution is 0.0929. The Kier molecular flexibility index (Phi) is 4.90. The Hall–Kier alpha value is -2.94. The molecule has 4 heterocycles. The molecule has 1 atom stereocenters. The van der Waals surface area contributed by atoms with E-state index in [0.29, 0.717) is 43.9 Å². The maximum absolute atomic E-state index is 12.8. The number of carbonyl (C=O) groups excluding carboxylic acids is 1. The van der Waals surface area contributed by atoms with Gasteiger partial charge in [-0.25, -0.2) is 14.5 Å². The van der Waals surface area contributed by atoms with E-state index in [2.05, 4.69) is 15.4 Å². The average molecular weight is 426 g/mol. The Morgan fingerprint density at radius 1 is 1.33 bits per heavy atom. The van der Waals surface area contributed by atoms with Gasteiger partial charge in [0.25, 0.3) is 5.91 Å². The second kappa shape index (κ2) is 7.71. The van der Waals surface area contributed by atoms with Crippen molar-refractivity contribution in [3.05, 3.63) is 61.7 Å². The third kappa shape index (κ3) is 3.54. The molecule has 5 rings (SSSR count). The lowest BCUT2D eigenvalue weighted by Gasteiger charge is -2.17. The van der Waals surface area contributed by atoms with E-state index in [4.69, 9.17) is 4.74 Å². The quantitative estimate of drug-likeness (QED) is 0.690. The van der Waals surface area contributed by atoms with Crippen molar-refractivity contribution < 1.29 is 9.53 Å². The van der Waals surface area contributed by atoms with Crippen LogP contribution in [0, 0.1) is 6.92 Å². The first-order valence-electron chi connectivity index (χ1n) is 10.2. The van der Waals surface area contributed by atoms with E-state index in [0.717, 1.165) is 34.9 Å². The highest BCUT2D eigenvalue weighted by molar-refractivity contribution is 7.09. The zero-order chi connectivity index (χ0) is 20.7. The topological polar surface area (TPSA) is 91.0 Å². The molecular formula is C21H23N5O3S. The van der Waals surface area contributed by atoms with E-state index in [1.165, 1.54) is 4.68 Å². The fourth-order valence-electron chi connectivity index (χ4n) is 4.17. The van der Waals surface area contributed by atoms with Gasteiger partial charge in [-0.15, -0.1) is 11.3 Å². The predicted molar refractivity (Wildman–Crippen MR) is 112 cm³/mol. The third-order valence-corrected chi connectivity index (χ3v) is 6.51. The summed E-state index contributed by atoms with van der Waals surface area (Å²) in [5.41, 5.74) is 2.42. The Balaban J connectivity index is 1.27. The molecule has 1 unspecified atom stereocenters. The Morgan fingerprint density at radius 3 is 3.07 bits per heavy atom. The molecule has 0 radical (unpaired) electrons. The number of benzene rings is 1. The summed E-state index contributed by atoms with van der Waals surface area (Å²) in [6.45, 7) is 3.50. The summed E-state index contributed by atoms with van der Waals surface area (Å²) in [5.74, 6) is 1.36. The number of nitrogens with zero attached hydrogens (tertiary/aromatic N) is 4. The summed E-state index contributed by atoms with van der Waals surface area (Å²) < 4.78 is 8.88. The first-order valence-corrected chi connectivity index (χ1v) is 11.1. The van der Waals surface area contributed by atoms with Crippen LogP contribution in [0.5, 0.6) is 5.75 Å². The second-order valence-electron chi connectivity index (χ2n) is 7.76. The number of hydrogen-bond acceptors (Lipinski definition) is 6. The summed E-state index contributed by atoms with van der Waals surface area (Å²) in [7, 11) is 0. The maximum Gasteiger partial charge on any atom is 0.346 e. The lowest BCUT2D eigenvalue weighted by atomic mass is 10.1. The van der Waals surface area contributed by atoms with Crippen molar-refractivity contribution in [2.24, 2.45) is 0 Å². The minimum atomic E-state index is -0.116. The van der Waals surface area contributed by atoms with E-state index in [1.807, 2.05) is 24.4 Å². The van der Waals surface area contributed by atoms with Crippen LogP contribution in [0.2, 0.25) is 0 Å².